The fourth-order valence-electron chi connectivity index (χ4n) is 4.30. The Morgan fingerprint density at radius 1 is 1.21 bits per heavy atom. The topological polar surface area (TPSA) is 128 Å². The minimum atomic E-state index is -4.64. The van der Waals surface area contributed by atoms with Crippen molar-refractivity contribution in [1.82, 2.24) is 15.1 Å². The highest BCUT2D eigenvalue weighted by Crippen LogP contribution is 2.43. The van der Waals surface area contributed by atoms with Gasteiger partial charge in [-0.1, -0.05) is 11.6 Å². The van der Waals surface area contributed by atoms with Gasteiger partial charge in [0.25, 0.3) is 11.6 Å². The van der Waals surface area contributed by atoms with E-state index >= 15 is 0 Å². The number of benzene rings is 3. The molecular formula is C24H14ClF4N5O5. The van der Waals surface area contributed by atoms with Crippen molar-refractivity contribution >= 4 is 45.9 Å². The van der Waals surface area contributed by atoms with Gasteiger partial charge in [0.15, 0.2) is 0 Å². The monoisotopic (exact) mass is 563 g/mol. The van der Waals surface area contributed by atoms with Crippen LogP contribution in [0.5, 0.6) is 5.75 Å². The number of anilines is 1. The van der Waals surface area contributed by atoms with E-state index in [-0.39, 0.29) is 49.7 Å². The molecule has 0 spiro atoms. The van der Waals surface area contributed by atoms with Gasteiger partial charge in [-0.05, 0) is 36.4 Å². The highest BCUT2D eigenvalue weighted by atomic mass is 35.5. The zero-order valence-electron chi connectivity index (χ0n) is 19.3. The van der Waals surface area contributed by atoms with Crippen LogP contribution in [0.1, 0.15) is 27.5 Å². The number of hydrogen-bond acceptors (Lipinski definition) is 6. The first-order valence-corrected chi connectivity index (χ1v) is 11.4. The number of nitro groups is 1. The molecular weight excluding hydrogens is 550 g/mol. The van der Waals surface area contributed by atoms with Crippen molar-refractivity contribution in [2.75, 3.05) is 5.32 Å². The molecule has 0 fully saturated rings. The Kier molecular flexibility index (Phi) is 6.34. The van der Waals surface area contributed by atoms with E-state index < -0.39 is 41.5 Å². The molecule has 4 aromatic rings. The van der Waals surface area contributed by atoms with Crippen LogP contribution in [-0.4, -0.2) is 32.9 Å². The summed E-state index contributed by atoms with van der Waals surface area (Å²) in [5.41, 5.74) is -0.333. The summed E-state index contributed by atoms with van der Waals surface area (Å²) >= 11 is 6.27. The van der Waals surface area contributed by atoms with Gasteiger partial charge in [-0.15, -0.1) is 0 Å². The quantitative estimate of drug-likeness (QED) is 0.181. The molecule has 2 heterocycles. The van der Waals surface area contributed by atoms with Gasteiger partial charge in [-0.3, -0.25) is 24.9 Å². The summed E-state index contributed by atoms with van der Waals surface area (Å²) in [5, 5.41) is 19.8. The van der Waals surface area contributed by atoms with Gasteiger partial charge in [0.2, 0.25) is 0 Å². The molecule has 0 saturated heterocycles. The van der Waals surface area contributed by atoms with Gasteiger partial charge in [0.1, 0.15) is 18.1 Å². The van der Waals surface area contributed by atoms with Crippen molar-refractivity contribution in [3.63, 3.8) is 0 Å². The van der Waals surface area contributed by atoms with E-state index in [1.807, 2.05) is 0 Å². The maximum absolute atomic E-state index is 14.1. The number of amides is 2. The number of hydrogen-bond donors (Lipinski definition) is 2. The maximum Gasteiger partial charge on any atom is 0.417 e. The molecule has 0 aliphatic carbocycles. The van der Waals surface area contributed by atoms with Crippen LogP contribution in [0.3, 0.4) is 0 Å². The van der Waals surface area contributed by atoms with Crippen molar-refractivity contribution in [1.29, 1.82) is 0 Å². The number of halogens is 5. The number of non-ortho nitro benzene ring substituents is 1. The Morgan fingerprint density at radius 3 is 2.59 bits per heavy atom. The molecule has 39 heavy (non-hydrogen) atoms. The fourth-order valence-corrected chi connectivity index (χ4v) is 4.53. The summed E-state index contributed by atoms with van der Waals surface area (Å²) in [6.07, 6.45) is -4.66. The third-order valence-corrected chi connectivity index (χ3v) is 6.22. The second-order valence-corrected chi connectivity index (χ2v) is 8.81. The normalized spacial score (nSPS) is 14.7. The molecule has 3 aromatic carbocycles. The molecule has 1 atom stereocenters. The Morgan fingerprint density at radius 2 is 1.92 bits per heavy atom. The van der Waals surface area contributed by atoms with Gasteiger partial charge in [0.05, 0.1) is 33.9 Å². The number of ether oxygens (including phenoxy) is 1. The summed E-state index contributed by atoms with van der Waals surface area (Å²) in [4.78, 5) is 36.0. The number of alkyl halides is 3. The second-order valence-electron chi connectivity index (χ2n) is 8.40. The lowest BCUT2D eigenvalue weighted by Gasteiger charge is -2.18. The molecule has 0 radical (unpaired) electrons. The lowest BCUT2D eigenvalue weighted by molar-refractivity contribution is -0.384. The predicted molar refractivity (Wildman–Crippen MR) is 129 cm³/mol. The van der Waals surface area contributed by atoms with Crippen molar-refractivity contribution in [2.24, 2.45) is 0 Å². The third-order valence-electron chi connectivity index (χ3n) is 5.87. The first-order valence-electron chi connectivity index (χ1n) is 11.0. The van der Waals surface area contributed by atoms with Crippen molar-refractivity contribution in [3.05, 3.63) is 92.4 Å². The number of carbonyl (C=O) groups excluding carboxylic acids is 2. The lowest BCUT2D eigenvalue weighted by atomic mass is 9.94. The maximum atomic E-state index is 14.1. The first kappa shape index (κ1) is 25.9. The number of nitrogens with zero attached hydrogens (tertiary/aromatic N) is 3. The summed E-state index contributed by atoms with van der Waals surface area (Å²) in [5.74, 6) is -1.45. The van der Waals surface area contributed by atoms with Crippen molar-refractivity contribution in [2.45, 2.75) is 18.8 Å². The number of rotatable bonds is 5. The standard InChI is InChI=1S/C24H14ClF4N5O5/c25-16-6-1-11(26)7-14(16)21-20-17(31-23(36)39-13-4-2-12(3-5-13)34(37)38)8-18-15(19(20)22(35)32-21)9-30-33(18)10-24(27,28)29/h1-9,21H,10H2,(H,31,36)(H,32,35). The third kappa shape index (κ3) is 5.05. The molecule has 1 aromatic heterocycles. The molecule has 10 nitrogen and oxygen atoms in total. The van der Waals surface area contributed by atoms with Crippen LogP contribution < -0.4 is 15.4 Å². The molecule has 5 rings (SSSR count). The summed E-state index contributed by atoms with van der Waals surface area (Å²) in [7, 11) is 0. The molecule has 1 unspecified atom stereocenters. The molecule has 0 saturated carbocycles. The average Bonchev–Trinajstić information content (AvgIpc) is 3.40. The molecule has 1 aliphatic rings. The highest BCUT2D eigenvalue weighted by Gasteiger charge is 2.38. The van der Waals surface area contributed by atoms with Gasteiger partial charge in [0, 0.05) is 33.7 Å². The minimum absolute atomic E-state index is 0.0658. The lowest BCUT2D eigenvalue weighted by Crippen LogP contribution is -2.22. The van der Waals surface area contributed by atoms with Crippen LogP contribution in [0.15, 0.2) is 54.7 Å². The smallest absolute Gasteiger partial charge is 0.410 e. The summed E-state index contributed by atoms with van der Waals surface area (Å²) in [6, 6.07) is 8.11. The van der Waals surface area contributed by atoms with Gasteiger partial charge in [-0.25, -0.2) is 9.18 Å². The molecule has 15 heteroatoms. The zero-order valence-corrected chi connectivity index (χ0v) is 20.0. The van der Waals surface area contributed by atoms with Crippen molar-refractivity contribution in [3.8, 4) is 5.75 Å². The SMILES string of the molecule is O=C(Nc1cc2c(cnn2CC(F)(F)F)c2c1C(c1cc(F)ccc1Cl)NC2=O)Oc1ccc([N+](=O)[O-])cc1. The first-order chi connectivity index (χ1) is 18.4. The highest BCUT2D eigenvalue weighted by molar-refractivity contribution is 6.31. The summed E-state index contributed by atoms with van der Waals surface area (Å²) in [6.45, 7) is -1.47. The van der Waals surface area contributed by atoms with E-state index in [1.165, 1.54) is 24.3 Å². The second kappa shape index (κ2) is 9.54. The molecule has 200 valence electrons. The van der Waals surface area contributed by atoms with Gasteiger partial charge >= 0.3 is 12.3 Å². The fraction of sp³-hybridized carbons (Fsp3) is 0.125. The molecule has 0 bridgehead atoms. The number of nitro benzene ring substituents is 1. The Bertz CT molecular complexity index is 1660. The van der Waals surface area contributed by atoms with Gasteiger partial charge in [-0.2, -0.15) is 18.3 Å². The molecule has 2 N–H and O–H groups in total. The van der Waals surface area contributed by atoms with Crippen LogP contribution in [0.25, 0.3) is 10.9 Å². The number of aromatic nitrogens is 2. The van der Waals surface area contributed by atoms with Crippen LogP contribution in [0.4, 0.5) is 33.7 Å². The van der Waals surface area contributed by atoms with Crippen LogP contribution >= 0.6 is 11.6 Å². The average molecular weight is 564 g/mol. The van der Waals surface area contributed by atoms with E-state index in [1.54, 1.807) is 0 Å². The van der Waals surface area contributed by atoms with Crippen LogP contribution in [0.2, 0.25) is 5.02 Å². The Labute approximate surface area is 220 Å². The number of fused-ring (bicyclic) bond motifs is 3. The van der Waals surface area contributed by atoms with E-state index in [0.717, 1.165) is 30.5 Å². The predicted octanol–water partition coefficient (Wildman–Crippen LogP) is 5.74. The van der Waals surface area contributed by atoms with Crippen LogP contribution in [-0.2, 0) is 6.54 Å². The van der Waals surface area contributed by atoms with E-state index in [2.05, 4.69) is 15.7 Å². The molecule has 1 aliphatic heterocycles. The Hall–Kier alpha value is -4.72. The van der Waals surface area contributed by atoms with Crippen LogP contribution in [0, 0.1) is 15.9 Å². The van der Waals surface area contributed by atoms with E-state index in [0.29, 0.717) is 4.68 Å². The van der Waals surface area contributed by atoms with Crippen molar-refractivity contribution < 1.29 is 36.8 Å². The van der Waals surface area contributed by atoms with E-state index in [4.69, 9.17) is 16.3 Å². The largest absolute Gasteiger partial charge is 0.417 e. The minimum Gasteiger partial charge on any atom is -0.410 e. The number of nitrogens with one attached hydrogen (secondary N) is 2. The zero-order chi connectivity index (χ0) is 28.1. The Balaban J connectivity index is 1.61. The molecule has 2 amide bonds. The van der Waals surface area contributed by atoms with E-state index in [9.17, 15) is 37.3 Å². The number of carbonyl (C=O) groups is 2. The summed E-state index contributed by atoms with van der Waals surface area (Å²) < 4.78 is 59.4. The van der Waals surface area contributed by atoms with Gasteiger partial charge < -0.3 is 10.1 Å².